The first kappa shape index (κ1) is 26.6. The van der Waals surface area contributed by atoms with E-state index in [9.17, 15) is 27.9 Å². The molecule has 0 spiro atoms. The fraction of sp³-hybridized carbons (Fsp3) is 0.259. The maximum absolute atomic E-state index is 13.7. The van der Waals surface area contributed by atoms with Crippen LogP contribution in [0.4, 0.5) is 18.9 Å². The zero-order chi connectivity index (χ0) is 28.0. The van der Waals surface area contributed by atoms with Gasteiger partial charge in [-0.25, -0.2) is 14.3 Å². The molecule has 11 heteroatoms. The van der Waals surface area contributed by atoms with Gasteiger partial charge in [-0.3, -0.25) is 13.9 Å². The fourth-order valence-corrected chi connectivity index (χ4v) is 4.33. The lowest BCUT2D eigenvalue weighted by Crippen LogP contribution is -2.41. The van der Waals surface area contributed by atoms with Gasteiger partial charge in [-0.15, -0.1) is 0 Å². The van der Waals surface area contributed by atoms with Crippen LogP contribution in [-0.2, 0) is 18.3 Å². The number of hydrogen-bond acceptors (Lipinski definition) is 4. The Bertz CT molecular complexity index is 1680. The molecule has 0 unspecified atom stereocenters. The average molecular weight is 524 g/mol. The van der Waals surface area contributed by atoms with Gasteiger partial charge in [0.2, 0.25) is 0 Å². The molecule has 2 aromatic heterocycles. The zero-order valence-electron chi connectivity index (χ0n) is 21.0. The van der Waals surface area contributed by atoms with Gasteiger partial charge in [0.05, 0.1) is 46.6 Å². The number of benzene rings is 2. The summed E-state index contributed by atoms with van der Waals surface area (Å²) in [6.07, 6.45) is -3.24. The van der Waals surface area contributed by atoms with Crippen molar-refractivity contribution in [3.63, 3.8) is 0 Å². The van der Waals surface area contributed by atoms with Crippen LogP contribution in [0.25, 0.3) is 27.5 Å². The van der Waals surface area contributed by atoms with Crippen LogP contribution in [0.1, 0.15) is 37.6 Å². The Morgan fingerprint density at radius 1 is 1.05 bits per heavy atom. The van der Waals surface area contributed by atoms with Gasteiger partial charge in [0, 0.05) is 17.8 Å². The van der Waals surface area contributed by atoms with E-state index in [4.69, 9.17) is 6.57 Å². The average Bonchev–Trinajstić information content (AvgIpc) is 3.29. The molecule has 8 nitrogen and oxygen atoms in total. The van der Waals surface area contributed by atoms with Gasteiger partial charge < -0.3 is 5.11 Å². The third kappa shape index (κ3) is 4.54. The second-order valence-corrected chi connectivity index (χ2v) is 9.18. The number of aliphatic hydroxyl groups is 1. The molecule has 4 aromatic rings. The van der Waals surface area contributed by atoms with Crippen LogP contribution in [0.5, 0.6) is 0 Å². The van der Waals surface area contributed by atoms with E-state index in [1.165, 1.54) is 43.8 Å². The number of rotatable bonds is 5. The van der Waals surface area contributed by atoms with Crippen LogP contribution in [0.3, 0.4) is 0 Å². The molecule has 0 aliphatic heterocycles. The first-order chi connectivity index (χ1) is 17.8. The van der Waals surface area contributed by atoms with Crippen molar-refractivity contribution in [2.45, 2.75) is 46.0 Å². The molecule has 196 valence electrons. The maximum atomic E-state index is 13.7. The van der Waals surface area contributed by atoms with E-state index in [2.05, 4.69) is 9.94 Å². The molecule has 2 aromatic carbocycles. The van der Waals surface area contributed by atoms with E-state index in [0.29, 0.717) is 11.4 Å². The summed E-state index contributed by atoms with van der Waals surface area (Å²) >= 11 is 0. The fourth-order valence-electron chi connectivity index (χ4n) is 4.33. The Hall–Kier alpha value is -4.43. The van der Waals surface area contributed by atoms with Gasteiger partial charge in [0.1, 0.15) is 0 Å². The topological polar surface area (TPSA) is 86.4 Å². The number of alkyl halides is 3. The van der Waals surface area contributed by atoms with E-state index < -0.39 is 28.6 Å². The largest absolute Gasteiger partial charge is 0.416 e. The van der Waals surface area contributed by atoms with E-state index >= 15 is 0 Å². The molecular formula is C27H24F3N5O3. The minimum Gasteiger partial charge on any atom is -0.386 e. The zero-order valence-corrected chi connectivity index (χ0v) is 21.0. The summed E-state index contributed by atoms with van der Waals surface area (Å²) in [4.78, 5) is 30.5. The molecule has 0 saturated heterocycles. The Morgan fingerprint density at radius 2 is 1.71 bits per heavy atom. The number of hydrogen-bond donors (Lipinski definition) is 1. The first-order valence-corrected chi connectivity index (χ1v) is 11.6. The van der Waals surface area contributed by atoms with E-state index in [0.717, 1.165) is 21.3 Å². The molecule has 0 aliphatic carbocycles. The summed E-state index contributed by atoms with van der Waals surface area (Å²) in [5.74, 6) is 0. The quantitative estimate of drug-likeness (QED) is 0.374. The summed E-state index contributed by atoms with van der Waals surface area (Å²) in [6.45, 7) is 13.2. The molecular weight excluding hydrogens is 499 g/mol. The van der Waals surface area contributed by atoms with Crippen molar-refractivity contribution < 1.29 is 18.3 Å². The molecule has 38 heavy (non-hydrogen) atoms. The van der Waals surface area contributed by atoms with Crippen LogP contribution < -0.4 is 11.2 Å². The number of aromatic nitrogens is 4. The highest BCUT2D eigenvalue weighted by Gasteiger charge is 2.32. The standard InChI is InChI=1S/C27H24F3N5O3/c1-6-33-24(36)22(16(2)34(25(33)37)20-9-7-8-17(14-20)27(28,29)30)23-21(26(3,4)38)15-32-35(23)19-12-10-18(31-5)11-13-19/h7-15,38H,6H2,1-4H3. The lowest BCUT2D eigenvalue weighted by Gasteiger charge is -2.22. The predicted molar refractivity (Wildman–Crippen MR) is 136 cm³/mol. The number of nitrogens with zero attached hydrogens (tertiary/aromatic N) is 5. The molecule has 0 radical (unpaired) electrons. The summed E-state index contributed by atoms with van der Waals surface area (Å²) in [7, 11) is 0. The molecule has 0 amide bonds. The highest BCUT2D eigenvalue weighted by molar-refractivity contribution is 5.69. The summed E-state index contributed by atoms with van der Waals surface area (Å²) in [5.41, 5.74) is -2.59. The Kier molecular flexibility index (Phi) is 6.63. The lowest BCUT2D eigenvalue weighted by atomic mass is 9.95. The third-order valence-electron chi connectivity index (χ3n) is 6.21. The summed E-state index contributed by atoms with van der Waals surface area (Å²) < 4.78 is 43.8. The highest BCUT2D eigenvalue weighted by Crippen LogP contribution is 2.35. The normalized spacial score (nSPS) is 12.0. The Morgan fingerprint density at radius 3 is 2.26 bits per heavy atom. The second kappa shape index (κ2) is 9.46. The molecule has 1 N–H and O–H groups in total. The van der Waals surface area contributed by atoms with Crippen molar-refractivity contribution in [3.8, 4) is 22.6 Å². The minimum absolute atomic E-state index is 0.00672. The van der Waals surface area contributed by atoms with Gasteiger partial charge in [0.15, 0.2) is 5.69 Å². The Labute approximate surface area is 215 Å². The van der Waals surface area contributed by atoms with Crippen molar-refractivity contribution >= 4 is 5.69 Å². The molecule has 2 heterocycles. The first-order valence-electron chi connectivity index (χ1n) is 11.6. The second-order valence-electron chi connectivity index (χ2n) is 9.18. The van der Waals surface area contributed by atoms with Gasteiger partial charge in [0.25, 0.3) is 5.56 Å². The van der Waals surface area contributed by atoms with Crippen molar-refractivity contribution in [2.24, 2.45) is 0 Å². The Balaban J connectivity index is 2.13. The monoisotopic (exact) mass is 523 g/mol. The molecule has 0 fully saturated rings. The minimum atomic E-state index is -4.64. The van der Waals surface area contributed by atoms with Gasteiger partial charge in [-0.05, 0) is 58.0 Å². The molecule has 0 saturated carbocycles. The van der Waals surface area contributed by atoms with Crippen molar-refractivity contribution in [2.75, 3.05) is 0 Å². The van der Waals surface area contributed by atoms with Gasteiger partial charge in [-0.2, -0.15) is 18.3 Å². The van der Waals surface area contributed by atoms with Gasteiger partial charge in [-0.1, -0.05) is 18.2 Å². The van der Waals surface area contributed by atoms with E-state index in [-0.39, 0.29) is 34.7 Å². The van der Waals surface area contributed by atoms with Crippen molar-refractivity contribution in [1.82, 2.24) is 18.9 Å². The summed E-state index contributed by atoms with van der Waals surface area (Å²) in [6, 6.07) is 10.7. The molecule has 4 rings (SSSR count). The van der Waals surface area contributed by atoms with Crippen LogP contribution in [0.2, 0.25) is 0 Å². The van der Waals surface area contributed by atoms with Gasteiger partial charge >= 0.3 is 11.9 Å². The smallest absolute Gasteiger partial charge is 0.386 e. The lowest BCUT2D eigenvalue weighted by molar-refractivity contribution is -0.137. The summed E-state index contributed by atoms with van der Waals surface area (Å²) in [5, 5.41) is 15.3. The highest BCUT2D eigenvalue weighted by atomic mass is 19.4. The van der Waals surface area contributed by atoms with Crippen molar-refractivity contribution in [1.29, 1.82) is 0 Å². The SMILES string of the molecule is [C-]#[N+]c1ccc(-n2ncc(C(C)(C)O)c2-c2c(C)n(-c3cccc(C(F)(F)F)c3)c(=O)n(CC)c2=O)cc1. The molecule has 0 atom stereocenters. The van der Waals surface area contributed by atoms with Crippen LogP contribution in [0.15, 0.2) is 64.3 Å². The number of halogens is 3. The van der Waals surface area contributed by atoms with Crippen molar-refractivity contribution in [3.05, 3.63) is 104 Å². The van der Waals surface area contributed by atoms with Crippen LogP contribution in [0, 0.1) is 13.5 Å². The molecule has 0 bridgehead atoms. The van der Waals surface area contributed by atoms with Crippen LogP contribution >= 0.6 is 0 Å². The van der Waals surface area contributed by atoms with Crippen LogP contribution in [-0.4, -0.2) is 24.0 Å². The van der Waals surface area contributed by atoms with E-state index in [1.807, 2.05) is 0 Å². The third-order valence-corrected chi connectivity index (χ3v) is 6.21. The maximum Gasteiger partial charge on any atom is 0.416 e. The molecule has 0 aliphatic rings. The predicted octanol–water partition coefficient (Wildman–Crippen LogP) is 4.98. The van der Waals surface area contributed by atoms with E-state index in [1.54, 1.807) is 31.2 Å².